The van der Waals surface area contributed by atoms with Gasteiger partial charge in [0.15, 0.2) is 5.41 Å². The molecule has 2 N–H and O–H groups in total. The van der Waals surface area contributed by atoms with Crippen LogP contribution in [0.4, 0.5) is 0 Å². The molecular weight excluding hydrogens is 236 g/mol. The molecule has 0 heterocycles. The first-order chi connectivity index (χ1) is 9.19. The highest BCUT2D eigenvalue weighted by Gasteiger charge is 2.39. The van der Waals surface area contributed by atoms with Crippen LogP contribution in [0, 0.1) is 11.3 Å². The normalized spacial score (nSPS) is 13.2. The number of nitrogens with zero attached hydrogens (tertiary/aromatic N) is 1. The zero-order valence-electron chi connectivity index (χ0n) is 10.4. The number of primary amides is 1. The highest BCUT2D eigenvalue weighted by atomic mass is 16.1. The van der Waals surface area contributed by atoms with E-state index >= 15 is 0 Å². The third kappa shape index (κ3) is 2.48. The number of carbonyl (C=O) groups is 1. The molecule has 1 atom stereocenters. The lowest BCUT2D eigenvalue weighted by Crippen LogP contribution is -2.42. The number of nitrogens with two attached hydrogens (primary N) is 1. The Labute approximate surface area is 112 Å². The number of rotatable bonds is 4. The number of hydrogen-bond donors (Lipinski definition) is 1. The van der Waals surface area contributed by atoms with Crippen LogP contribution < -0.4 is 5.73 Å². The third-order valence-corrected chi connectivity index (χ3v) is 3.19. The molecule has 0 radical (unpaired) electrons. The predicted octanol–water partition coefficient (Wildman–Crippen LogP) is 2.18. The number of carbonyl (C=O) groups excluding carboxylic acids is 1. The Balaban J connectivity index is 2.48. The number of benzene rings is 2. The molecule has 0 aromatic heterocycles. The molecule has 0 bridgehead atoms. The number of hydrogen-bond acceptors (Lipinski definition) is 2. The molecule has 94 valence electrons. The number of amides is 1. The third-order valence-electron chi connectivity index (χ3n) is 3.19. The summed E-state index contributed by atoms with van der Waals surface area (Å²) in [5.41, 5.74) is 5.73. The van der Waals surface area contributed by atoms with Gasteiger partial charge in [-0.2, -0.15) is 5.26 Å². The van der Waals surface area contributed by atoms with E-state index in [2.05, 4.69) is 6.07 Å². The van der Waals surface area contributed by atoms with E-state index in [0.717, 1.165) is 5.56 Å². The van der Waals surface area contributed by atoms with Crippen molar-refractivity contribution in [2.24, 2.45) is 5.73 Å². The second kappa shape index (κ2) is 5.36. The Kier molecular flexibility index (Phi) is 3.63. The van der Waals surface area contributed by atoms with E-state index in [1.54, 1.807) is 24.3 Å². The maximum absolute atomic E-state index is 11.9. The molecule has 1 unspecified atom stereocenters. The van der Waals surface area contributed by atoms with Crippen LogP contribution in [0.25, 0.3) is 0 Å². The summed E-state index contributed by atoms with van der Waals surface area (Å²) in [6.07, 6.45) is 0.281. The maximum atomic E-state index is 11.9. The van der Waals surface area contributed by atoms with Gasteiger partial charge in [-0.25, -0.2) is 0 Å². The van der Waals surface area contributed by atoms with Crippen LogP contribution in [-0.4, -0.2) is 5.91 Å². The molecule has 2 aromatic rings. The summed E-state index contributed by atoms with van der Waals surface area (Å²) in [6, 6.07) is 20.5. The lowest BCUT2D eigenvalue weighted by atomic mass is 9.76. The molecular formula is C16H14N2O. The zero-order valence-corrected chi connectivity index (χ0v) is 10.4. The van der Waals surface area contributed by atoms with Crippen LogP contribution in [0.1, 0.15) is 11.1 Å². The second-order valence-corrected chi connectivity index (χ2v) is 4.41. The Morgan fingerprint density at radius 3 is 2.05 bits per heavy atom. The Morgan fingerprint density at radius 1 is 1.05 bits per heavy atom. The molecule has 0 aliphatic heterocycles. The largest absolute Gasteiger partial charge is 0.368 e. The summed E-state index contributed by atoms with van der Waals surface area (Å²) in [7, 11) is 0. The van der Waals surface area contributed by atoms with Crippen LogP contribution >= 0.6 is 0 Å². The Morgan fingerprint density at radius 2 is 1.58 bits per heavy atom. The summed E-state index contributed by atoms with van der Waals surface area (Å²) in [4.78, 5) is 11.9. The number of nitriles is 1. The van der Waals surface area contributed by atoms with Gasteiger partial charge < -0.3 is 5.73 Å². The Bertz CT molecular complexity index is 602. The molecule has 3 heteroatoms. The molecule has 0 saturated carbocycles. The van der Waals surface area contributed by atoms with Crippen LogP contribution in [0.2, 0.25) is 0 Å². The molecule has 0 aliphatic carbocycles. The van der Waals surface area contributed by atoms with Crippen LogP contribution in [0.3, 0.4) is 0 Å². The minimum Gasteiger partial charge on any atom is -0.368 e. The van der Waals surface area contributed by atoms with E-state index in [0.29, 0.717) is 5.56 Å². The summed E-state index contributed by atoms with van der Waals surface area (Å²) in [6.45, 7) is 0. The van der Waals surface area contributed by atoms with Gasteiger partial charge in [-0.05, 0) is 11.1 Å². The summed E-state index contributed by atoms with van der Waals surface area (Å²) < 4.78 is 0. The zero-order chi connectivity index (χ0) is 13.7. The van der Waals surface area contributed by atoms with Crippen molar-refractivity contribution < 1.29 is 4.79 Å². The first-order valence-corrected chi connectivity index (χ1v) is 5.99. The fourth-order valence-electron chi connectivity index (χ4n) is 2.12. The minimum absolute atomic E-state index is 0.281. The van der Waals surface area contributed by atoms with Gasteiger partial charge in [0.25, 0.3) is 0 Å². The second-order valence-electron chi connectivity index (χ2n) is 4.41. The topological polar surface area (TPSA) is 66.9 Å². The van der Waals surface area contributed by atoms with Crippen LogP contribution in [0.5, 0.6) is 0 Å². The lowest BCUT2D eigenvalue weighted by Gasteiger charge is -2.23. The van der Waals surface area contributed by atoms with Crippen molar-refractivity contribution in [1.82, 2.24) is 0 Å². The Hall–Kier alpha value is -2.60. The lowest BCUT2D eigenvalue weighted by molar-refractivity contribution is -0.121. The maximum Gasteiger partial charge on any atom is 0.242 e. The van der Waals surface area contributed by atoms with E-state index in [-0.39, 0.29) is 6.42 Å². The van der Waals surface area contributed by atoms with Gasteiger partial charge in [0.2, 0.25) is 5.91 Å². The quantitative estimate of drug-likeness (QED) is 0.903. The molecule has 2 rings (SSSR count). The summed E-state index contributed by atoms with van der Waals surface area (Å²) in [5.74, 6) is -0.620. The molecule has 0 fully saturated rings. The molecule has 0 saturated heterocycles. The molecule has 19 heavy (non-hydrogen) atoms. The molecule has 0 aliphatic rings. The predicted molar refractivity (Wildman–Crippen MR) is 73.1 cm³/mol. The minimum atomic E-state index is -1.32. The van der Waals surface area contributed by atoms with Crippen LogP contribution in [-0.2, 0) is 16.6 Å². The van der Waals surface area contributed by atoms with Gasteiger partial charge in [-0.1, -0.05) is 60.7 Å². The van der Waals surface area contributed by atoms with Crippen molar-refractivity contribution in [2.45, 2.75) is 11.8 Å². The summed E-state index contributed by atoms with van der Waals surface area (Å²) in [5, 5.41) is 9.51. The van der Waals surface area contributed by atoms with E-state index in [1.165, 1.54) is 0 Å². The SMILES string of the molecule is N#CC(Cc1ccccc1)(C(N)=O)c1ccccc1. The molecule has 0 spiro atoms. The van der Waals surface area contributed by atoms with Gasteiger partial charge in [-0.3, -0.25) is 4.79 Å². The summed E-state index contributed by atoms with van der Waals surface area (Å²) >= 11 is 0. The van der Waals surface area contributed by atoms with Crippen molar-refractivity contribution >= 4 is 5.91 Å². The molecule has 2 aromatic carbocycles. The van der Waals surface area contributed by atoms with Crippen molar-refractivity contribution in [3.8, 4) is 6.07 Å². The van der Waals surface area contributed by atoms with E-state index in [9.17, 15) is 10.1 Å². The fourth-order valence-corrected chi connectivity index (χ4v) is 2.12. The average Bonchev–Trinajstić information content (AvgIpc) is 2.46. The van der Waals surface area contributed by atoms with E-state index in [4.69, 9.17) is 5.73 Å². The van der Waals surface area contributed by atoms with Crippen molar-refractivity contribution in [3.05, 3.63) is 71.8 Å². The van der Waals surface area contributed by atoms with Gasteiger partial charge >= 0.3 is 0 Å². The monoisotopic (exact) mass is 250 g/mol. The highest BCUT2D eigenvalue weighted by Crippen LogP contribution is 2.27. The van der Waals surface area contributed by atoms with Crippen molar-refractivity contribution in [3.63, 3.8) is 0 Å². The van der Waals surface area contributed by atoms with Gasteiger partial charge in [-0.15, -0.1) is 0 Å². The first-order valence-electron chi connectivity index (χ1n) is 5.99. The van der Waals surface area contributed by atoms with Gasteiger partial charge in [0.05, 0.1) is 6.07 Å². The fraction of sp³-hybridized carbons (Fsp3) is 0.125. The van der Waals surface area contributed by atoms with Gasteiger partial charge in [0, 0.05) is 6.42 Å². The first kappa shape index (κ1) is 12.8. The van der Waals surface area contributed by atoms with Crippen LogP contribution in [0.15, 0.2) is 60.7 Å². The van der Waals surface area contributed by atoms with Crippen molar-refractivity contribution in [2.75, 3.05) is 0 Å². The highest BCUT2D eigenvalue weighted by molar-refractivity contribution is 5.90. The smallest absolute Gasteiger partial charge is 0.242 e. The van der Waals surface area contributed by atoms with E-state index < -0.39 is 11.3 Å². The molecule has 1 amide bonds. The van der Waals surface area contributed by atoms with E-state index in [1.807, 2.05) is 36.4 Å². The average molecular weight is 250 g/mol. The molecule has 3 nitrogen and oxygen atoms in total. The van der Waals surface area contributed by atoms with Gasteiger partial charge in [0.1, 0.15) is 0 Å². The standard InChI is InChI=1S/C16H14N2O/c17-12-16(15(18)19,14-9-5-2-6-10-14)11-13-7-3-1-4-8-13/h1-10H,11H2,(H2,18,19). The van der Waals surface area contributed by atoms with Crippen molar-refractivity contribution in [1.29, 1.82) is 5.26 Å².